The molecule has 5 atom stereocenters. The summed E-state index contributed by atoms with van der Waals surface area (Å²) in [4.78, 5) is 88.2. The Morgan fingerprint density at radius 2 is 1.93 bits per heavy atom. The molecule has 0 aliphatic carbocycles. The van der Waals surface area contributed by atoms with Gasteiger partial charge in [-0.05, 0) is 17.7 Å². The first-order valence-electron chi connectivity index (χ1n) is 12.1. The largest absolute Gasteiger partial charge is 0.490 e. The molecular weight excluding hydrogens is 691 g/mol. The Balaban J connectivity index is 1.67. The lowest BCUT2D eigenvalue weighted by Gasteiger charge is -2.19. The lowest BCUT2D eigenvalue weighted by atomic mass is 10.1. The van der Waals surface area contributed by atoms with Gasteiger partial charge in [-0.25, -0.2) is 18.5 Å². The van der Waals surface area contributed by atoms with Crippen molar-refractivity contribution in [3.63, 3.8) is 0 Å². The van der Waals surface area contributed by atoms with Gasteiger partial charge in [0.2, 0.25) is 0 Å². The van der Waals surface area contributed by atoms with Crippen LogP contribution in [0.3, 0.4) is 0 Å². The number of nitro benzene ring substituents is 1. The van der Waals surface area contributed by atoms with Crippen LogP contribution < -0.4 is 16.6 Å². The molecule has 1 fully saturated rings. The highest BCUT2D eigenvalue weighted by molar-refractivity contribution is 7.66. The predicted molar refractivity (Wildman–Crippen MR) is 149 cm³/mol. The number of nitro groups is 1. The van der Waals surface area contributed by atoms with Crippen molar-refractivity contribution in [3.05, 3.63) is 83.0 Å². The van der Waals surface area contributed by atoms with Gasteiger partial charge in [-0.15, -0.1) is 0 Å². The molecule has 1 aromatic heterocycles. The second-order valence-electron chi connectivity index (χ2n) is 8.83. The van der Waals surface area contributed by atoms with Crippen LogP contribution in [-0.4, -0.2) is 70.4 Å². The third kappa shape index (κ3) is 10.3. The van der Waals surface area contributed by atoms with Gasteiger partial charge < -0.3 is 34.7 Å². The SMILES string of the molecule is [N-]=[N+]=Nc1ccc([N+](=O)[O-])c(C(=O)NC/C=C/c2cn([C@H]3C[C@H](O)[C@@H](COP(=O)(O)OP(=O)(O)OP(=O)(O)O)O3)c(=O)[nH]c2=O)c1. The van der Waals surface area contributed by atoms with E-state index in [0.29, 0.717) is 0 Å². The number of hydrogen-bond acceptors (Lipinski definition) is 14. The molecule has 2 aromatic rings. The Morgan fingerprint density at radius 3 is 2.57 bits per heavy atom. The number of carbonyl (C=O) groups excluding carboxylic acids is 1. The van der Waals surface area contributed by atoms with Gasteiger partial charge in [-0.3, -0.25) is 33.8 Å². The normalized spacial score (nSPS) is 20.8. The number of hydrogen-bond donors (Lipinski definition) is 7. The molecular formula is C19H22N7O17P3. The van der Waals surface area contributed by atoms with Gasteiger partial charge in [0.25, 0.3) is 17.2 Å². The fraction of sp³-hybridized carbons (Fsp3) is 0.316. The first kappa shape index (κ1) is 36.6. The Bertz CT molecular complexity index is 1850. The number of phosphoric acid groups is 3. The minimum atomic E-state index is -5.79. The van der Waals surface area contributed by atoms with E-state index in [-0.39, 0.29) is 24.2 Å². The highest BCUT2D eigenvalue weighted by Crippen LogP contribution is 2.66. The summed E-state index contributed by atoms with van der Waals surface area (Å²) in [5, 5.41) is 27.2. The van der Waals surface area contributed by atoms with Crippen molar-refractivity contribution in [2.45, 2.75) is 24.9 Å². The quantitative estimate of drug-likeness (QED) is 0.0356. The van der Waals surface area contributed by atoms with E-state index in [0.717, 1.165) is 35.0 Å². The fourth-order valence-corrected chi connectivity index (χ4v) is 6.78. The number of aromatic amines is 1. The number of azide groups is 1. The van der Waals surface area contributed by atoms with Crippen molar-refractivity contribution in [3.8, 4) is 0 Å². The average Bonchev–Trinajstić information content (AvgIpc) is 3.28. The molecule has 0 bridgehead atoms. The lowest BCUT2D eigenvalue weighted by molar-refractivity contribution is -0.385. The highest BCUT2D eigenvalue weighted by Gasteiger charge is 2.43. The molecule has 46 heavy (non-hydrogen) atoms. The van der Waals surface area contributed by atoms with E-state index >= 15 is 0 Å². The Labute approximate surface area is 254 Å². The number of aliphatic hydroxyl groups excluding tert-OH is 1. The van der Waals surface area contributed by atoms with E-state index < -0.39 is 81.8 Å². The van der Waals surface area contributed by atoms with Crippen molar-refractivity contribution in [1.29, 1.82) is 0 Å². The molecule has 1 saturated heterocycles. The van der Waals surface area contributed by atoms with Crippen LogP contribution in [0.25, 0.3) is 16.5 Å². The van der Waals surface area contributed by atoms with Crippen LogP contribution in [0.4, 0.5) is 11.4 Å². The Morgan fingerprint density at radius 1 is 1.24 bits per heavy atom. The molecule has 1 amide bonds. The number of ether oxygens (including phenoxy) is 1. The molecule has 2 heterocycles. The summed E-state index contributed by atoms with van der Waals surface area (Å²) in [7, 11) is -16.9. The molecule has 3 rings (SSSR count). The molecule has 2 unspecified atom stereocenters. The fourth-order valence-electron chi connectivity index (χ4n) is 3.75. The van der Waals surface area contributed by atoms with Crippen LogP contribution in [0.15, 0.2) is 45.2 Å². The number of H-pyrrole nitrogens is 1. The molecule has 24 nitrogen and oxygen atoms in total. The summed E-state index contributed by atoms with van der Waals surface area (Å²) in [5.41, 5.74) is 5.46. The molecule has 250 valence electrons. The van der Waals surface area contributed by atoms with E-state index in [1.165, 1.54) is 6.08 Å². The van der Waals surface area contributed by atoms with Gasteiger partial charge in [0.05, 0.1) is 23.2 Å². The number of rotatable bonds is 14. The number of benzene rings is 1. The van der Waals surface area contributed by atoms with Crippen LogP contribution in [0.5, 0.6) is 0 Å². The minimum Gasteiger partial charge on any atom is -0.390 e. The standard InChI is InChI=1S/C19H22N7O17P3/c20-24-23-11-3-4-13(26(31)32)12(6-11)18(29)21-5-1-2-10-8-25(19(30)22-17(10)28)16-7-14(27)15(41-16)9-40-45(36,37)43-46(38,39)42-44(33,34)35/h1-4,6,8,14-16,27H,5,7,9H2,(H,21,29)(H,36,37)(H,38,39)(H,22,28,30)(H2,33,34,35)/b2-1+/t14-,15+,16+/m0/s1. The van der Waals surface area contributed by atoms with E-state index in [1.807, 2.05) is 4.98 Å². The molecule has 0 radical (unpaired) electrons. The summed E-state index contributed by atoms with van der Waals surface area (Å²) < 4.78 is 52.0. The second-order valence-corrected chi connectivity index (χ2v) is 13.3. The molecule has 0 spiro atoms. The molecule has 7 N–H and O–H groups in total. The number of amides is 1. The smallest absolute Gasteiger partial charge is 0.390 e. The number of nitrogens with zero attached hydrogens (tertiary/aromatic N) is 5. The highest BCUT2D eigenvalue weighted by atomic mass is 31.3. The average molecular weight is 713 g/mol. The Hall–Kier alpha value is -3.85. The van der Waals surface area contributed by atoms with Crippen LogP contribution in [0.2, 0.25) is 0 Å². The maximum atomic E-state index is 12.5. The van der Waals surface area contributed by atoms with Crippen molar-refractivity contribution in [2.75, 3.05) is 13.2 Å². The summed E-state index contributed by atoms with van der Waals surface area (Å²) >= 11 is 0. The summed E-state index contributed by atoms with van der Waals surface area (Å²) in [6.07, 6.45) is -1.17. The van der Waals surface area contributed by atoms with Crippen molar-refractivity contribution >= 4 is 46.8 Å². The van der Waals surface area contributed by atoms with Crippen molar-refractivity contribution in [1.82, 2.24) is 14.9 Å². The monoisotopic (exact) mass is 713 g/mol. The topological polar surface area (TPSA) is 365 Å². The summed E-state index contributed by atoms with van der Waals surface area (Å²) in [5.74, 6) is -0.916. The van der Waals surface area contributed by atoms with E-state index in [9.17, 15) is 53.1 Å². The number of aliphatic hydroxyl groups is 1. The zero-order valence-corrected chi connectivity index (χ0v) is 25.2. The Kier molecular flexibility index (Phi) is 11.7. The van der Waals surface area contributed by atoms with Gasteiger partial charge in [-0.1, -0.05) is 17.3 Å². The summed E-state index contributed by atoms with van der Waals surface area (Å²) in [6, 6.07) is 3.12. The van der Waals surface area contributed by atoms with Crippen molar-refractivity contribution < 1.29 is 66.0 Å². The van der Waals surface area contributed by atoms with E-state index in [1.54, 1.807) is 0 Å². The number of aromatic nitrogens is 2. The number of phosphoric ester groups is 1. The maximum Gasteiger partial charge on any atom is 0.490 e. The molecule has 1 aliphatic rings. The second kappa shape index (κ2) is 14.7. The van der Waals surface area contributed by atoms with Gasteiger partial charge >= 0.3 is 29.2 Å². The van der Waals surface area contributed by atoms with Crippen LogP contribution >= 0.6 is 23.5 Å². The third-order valence-electron chi connectivity index (χ3n) is 5.59. The third-order valence-corrected chi connectivity index (χ3v) is 9.39. The maximum absolute atomic E-state index is 12.5. The first-order valence-corrected chi connectivity index (χ1v) is 16.6. The van der Waals surface area contributed by atoms with Gasteiger partial charge in [0, 0.05) is 35.8 Å². The van der Waals surface area contributed by atoms with Crippen LogP contribution in [0, 0.1) is 10.1 Å². The zero-order valence-electron chi connectivity index (χ0n) is 22.5. The van der Waals surface area contributed by atoms with Crippen molar-refractivity contribution in [2.24, 2.45) is 5.11 Å². The van der Waals surface area contributed by atoms with Crippen LogP contribution in [-0.2, 0) is 31.6 Å². The number of nitrogens with one attached hydrogen (secondary N) is 2. The molecule has 0 saturated carbocycles. The van der Waals surface area contributed by atoms with E-state index in [2.05, 4.69) is 28.5 Å². The summed E-state index contributed by atoms with van der Waals surface area (Å²) in [6.45, 7) is -1.28. The molecule has 27 heteroatoms. The van der Waals surface area contributed by atoms with Crippen LogP contribution in [0.1, 0.15) is 28.6 Å². The zero-order chi connectivity index (χ0) is 34.4. The minimum absolute atomic E-state index is 0.0573. The first-order chi connectivity index (χ1) is 21.3. The predicted octanol–water partition coefficient (Wildman–Crippen LogP) is 0.821. The number of carbonyl (C=O) groups is 1. The van der Waals surface area contributed by atoms with Gasteiger partial charge in [0.1, 0.15) is 17.9 Å². The van der Waals surface area contributed by atoms with Gasteiger partial charge in [-0.2, -0.15) is 8.62 Å². The lowest BCUT2D eigenvalue weighted by Crippen LogP contribution is -2.33. The molecule has 1 aromatic carbocycles. The van der Waals surface area contributed by atoms with Gasteiger partial charge in [0.15, 0.2) is 0 Å². The molecule has 1 aliphatic heterocycles. The van der Waals surface area contributed by atoms with E-state index in [4.69, 9.17) is 20.1 Å².